The lowest BCUT2D eigenvalue weighted by Gasteiger charge is -2.21. The Balaban J connectivity index is 1.82. The van der Waals surface area contributed by atoms with Crippen molar-refractivity contribution in [3.05, 3.63) is 28.8 Å². The van der Waals surface area contributed by atoms with Crippen LogP contribution in [0.3, 0.4) is 0 Å². The molecule has 0 radical (unpaired) electrons. The number of anilines is 1. The minimum atomic E-state index is -1.28. The van der Waals surface area contributed by atoms with Gasteiger partial charge in [0.05, 0.1) is 17.0 Å². The number of benzene rings is 1. The Morgan fingerprint density at radius 2 is 1.93 bits per heavy atom. The van der Waals surface area contributed by atoms with Crippen LogP contribution in [0.25, 0.3) is 0 Å². The van der Waals surface area contributed by atoms with Gasteiger partial charge < -0.3 is 10.4 Å². The van der Waals surface area contributed by atoms with E-state index in [0.717, 1.165) is 23.8 Å². The summed E-state index contributed by atoms with van der Waals surface area (Å²) < 4.78 is 30.0. The van der Waals surface area contributed by atoms with E-state index in [2.05, 4.69) is 5.32 Å². The summed E-state index contributed by atoms with van der Waals surface area (Å²) in [7, 11) is 0. The minimum absolute atomic E-state index is 0.00469. The summed E-state index contributed by atoms with van der Waals surface area (Å²) in [5.74, 6) is -4.34. The van der Waals surface area contributed by atoms with E-state index in [1.165, 1.54) is 20.8 Å². The third-order valence-corrected chi connectivity index (χ3v) is 6.08. The van der Waals surface area contributed by atoms with E-state index in [4.69, 9.17) is 5.11 Å². The molecule has 1 heterocycles. The summed E-state index contributed by atoms with van der Waals surface area (Å²) in [6.07, 6.45) is 1.59. The minimum Gasteiger partial charge on any atom is -0.481 e. The predicted molar refractivity (Wildman–Crippen MR) is 103 cm³/mol. The van der Waals surface area contributed by atoms with E-state index in [0.29, 0.717) is 5.56 Å². The first kappa shape index (κ1) is 21.2. The lowest BCUT2D eigenvalue weighted by atomic mass is 9.84. The first-order valence-corrected chi connectivity index (χ1v) is 9.80. The van der Waals surface area contributed by atoms with Crippen molar-refractivity contribution < 1.29 is 28.3 Å². The van der Waals surface area contributed by atoms with Crippen LogP contribution in [-0.2, 0) is 19.8 Å². The molecule has 0 aromatic heterocycles. The lowest BCUT2D eigenvalue weighted by Crippen LogP contribution is -2.44. The van der Waals surface area contributed by atoms with Gasteiger partial charge in [-0.15, -0.1) is 0 Å². The van der Waals surface area contributed by atoms with Crippen LogP contribution in [0.2, 0.25) is 0 Å². The molecule has 2 aliphatic rings. The number of rotatable bonds is 7. The first-order chi connectivity index (χ1) is 13.5. The van der Waals surface area contributed by atoms with Gasteiger partial charge in [0.1, 0.15) is 18.2 Å². The number of carboxylic acids is 1. The molecule has 1 aliphatic heterocycles. The van der Waals surface area contributed by atoms with Crippen molar-refractivity contribution in [2.75, 3.05) is 18.0 Å². The molecule has 0 saturated heterocycles. The van der Waals surface area contributed by atoms with Gasteiger partial charge in [-0.3, -0.25) is 19.3 Å². The smallest absolute Gasteiger partial charge is 0.306 e. The van der Waals surface area contributed by atoms with Crippen LogP contribution in [0, 0.1) is 23.5 Å². The number of aliphatic carboxylic acids is 1. The molecule has 6 nitrogen and oxygen atoms in total. The largest absolute Gasteiger partial charge is 0.481 e. The molecule has 1 fully saturated rings. The van der Waals surface area contributed by atoms with Gasteiger partial charge in [0.2, 0.25) is 11.8 Å². The zero-order valence-electron chi connectivity index (χ0n) is 17.0. The van der Waals surface area contributed by atoms with Crippen LogP contribution in [0.4, 0.5) is 14.5 Å². The second-order valence-electron chi connectivity index (χ2n) is 8.68. The molecule has 1 saturated carbocycles. The number of carbonyl (C=O) groups excluding carboxylic acids is 2. The third-order valence-electron chi connectivity index (χ3n) is 6.08. The highest BCUT2D eigenvalue weighted by Crippen LogP contribution is 2.50. The van der Waals surface area contributed by atoms with Gasteiger partial charge in [0, 0.05) is 12.1 Å². The number of halogens is 2. The number of carbonyl (C=O) groups is 3. The zero-order valence-corrected chi connectivity index (χ0v) is 17.0. The highest BCUT2D eigenvalue weighted by Gasteiger charge is 2.49. The van der Waals surface area contributed by atoms with Crippen molar-refractivity contribution in [1.29, 1.82) is 0 Å². The molecule has 29 heavy (non-hydrogen) atoms. The topological polar surface area (TPSA) is 86.7 Å². The van der Waals surface area contributed by atoms with Crippen LogP contribution in [0.1, 0.15) is 57.6 Å². The van der Waals surface area contributed by atoms with Gasteiger partial charge >= 0.3 is 5.97 Å². The van der Waals surface area contributed by atoms with Crippen LogP contribution in [0.15, 0.2) is 6.07 Å². The Hall–Kier alpha value is -2.51. The van der Waals surface area contributed by atoms with Crippen LogP contribution < -0.4 is 10.2 Å². The predicted octanol–water partition coefficient (Wildman–Crippen LogP) is 2.94. The molecular formula is C21H26F2N2O4. The summed E-state index contributed by atoms with van der Waals surface area (Å²) in [6.45, 7) is 5.93. The molecule has 1 aromatic carbocycles. The van der Waals surface area contributed by atoms with E-state index in [1.54, 1.807) is 6.92 Å². The average molecular weight is 408 g/mol. The molecule has 2 amide bonds. The van der Waals surface area contributed by atoms with Crippen molar-refractivity contribution >= 4 is 23.5 Å². The lowest BCUT2D eigenvalue weighted by molar-refractivity contribution is -0.142. The monoisotopic (exact) mass is 408 g/mol. The van der Waals surface area contributed by atoms with Gasteiger partial charge in [-0.1, -0.05) is 13.8 Å². The fourth-order valence-electron chi connectivity index (χ4n) is 3.75. The third kappa shape index (κ3) is 3.72. The molecule has 3 rings (SSSR count). The van der Waals surface area contributed by atoms with Gasteiger partial charge in [-0.2, -0.15) is 0 Å². The van der Waals surface area contributed by atoms with Crippen molar-refractivity contribution in [2.45, 2.75) is 51.9 Å². The van der Waals surface area contributed by atoms with Crippen molar-refractivity contribution in [1.82, 2.24) is 5.32 Å². The van der Waals surface area contributed by atoms with Crippen LogP contribution in [0.5, 0.6) is 0 Å². The number of amides is 2. The van der Waals surface area contributed by atoms with Gasteiger partial charge in [-0.05, 0) is 50.2 Å². The molecule has 0 bridgehead atoms. The van der Waals surface area contributed by atoms with E-state index < -0.39 is 47.3 Å². The second kappa shape index (κ2) is 7.39. The molecule has 8 heteroatoms. The Kier molecular flexibility index (Phi) is 5.40. The van der Waals surface area contributed by atoms with Gasteiger partial charge in [0.15, 0.2) is 0 Å². The Morgan fingerprint density at radius 3 is 2.48 bits per heavy atom. The summed E-state index contributed by atoms with van der Waals surface area (Å²) >= 11 is 0. The Bertz CT molecular complexity index is 880. The molecule has 1 aromatic rings. The van der Waals surface area contributed by atoms with Crippen molar-refractivity contribution in [3.63, 3.8) is 0 Å². The highest BCUT2D eigenvalue weighted by molar-refractivity contribution is 6.10. The van der Waals surface area contributed by atoms with Gasteiger partial charge in [-0.25, -0.2) is 8.78 Å². The fraction of sp³-hybridized carbons (Fsp3) is 0.571. The standard InChI is InChI=1S/C21H26F2N2O4/c1-10(11(2)19(27)28)8-24-15(26)9-25-18-14(22)7-13(12-5-6-12)17(23)16(18)21(3,4)20(25)29/h7,10-12H,5-6,8-9H2,1-4H3,(H,24,26)(H,27,28)/t10-,11+/m0/s1. The SMILES string of the molecule is C[C@@H](CNC(=O)CN1C(=O)C(C)(C)c2c(F)c(C3CC3)cc(F)c21)[C@@H](C)C(=O)O. The molecule has 0 unspecified atom stereocenters. The normalized spacial score (nSPS) is 19.7. The number of nitrogens with zero attached hydrogens (tertiary/aromatic N) is 1. The number of hydrogen-bond acceptors (Lipinski definition) is 3. The number of hydrogen-bond donors (Lipinski definition) is 2. The maximum atomic E-state index is 15.1. The van der Waals surface area contributed by atoms with Crippen molar-refractivity contribution in [2.24, 2.45) is 11.8 Å². The quantitative estimate of drug-likeness (QED) is 0.726. The maximum absolute atomic E-state index is 15.1. The average Bonchev–Trinajstić information content (AvgIpc) is 3.46. The molecule has 1 aliphatic carbocycles. The number of carboxylic acid groups (broad SMARTS) is 1. The summed E-state index contributed by atoms with van der Waals surface area (Å²) in [6, 6.07) is 1.14. The first-order valence-electron chi connectivity index (χ1n) is 9.80. The molecule has 0 spiro atoms. The maximum Gasteiger partial charge on any atom is 0.306 e. The van der Waals surface area contributed by atoms with E-state index in [1.807, 2.05) is 0 Å². The number of nitrogens with one attached hydrogen (secondary N) is 1. The van der Waals surface area contributed by atoms with Crippen LogP contribution in [-0.4, -0.2) is 36.0 Å². The zero-order chi connectivity index (χ0) is 21.7. The van der Waals surface area contributed by atoms with E-state index in [9.17, 15) is 18.8 Å². The highest BCUT2D eigenvalue weighted by atomic mass is 19.1. The fourth-order valence-corrected chi connectivity index (χ4v) is 3.75. The Morgan fingerprint density at radius 1 is 1.31 bits per heavy atom. The summed E-state index contributed by atoms with van der Waals surface area (Å²) in [5.41, 5.74) is -1.16. The summed E-state index contributed by atoms with van der Waals surface area (Å²) in [5, 5.41) is 11.6. The summed E-state index contributed by atoms with van der Waals surface area (Å²) in [4.78, 5) is 37.3. The van der Waals surface area contributed by atoms with E-state index >= 15 is 4.39 Å². The van der Waals surface area contributed by atoms with Crippen molar-refractivity contribution in [3.8, 4) is 0 Å². The van der Waals surface area contributed by atoms with Gasteiger partial charge in [0.25, 0.3) is 0 Å². The molecular weight excluding hydrogens is 382 g/mol. The Labute approximate surface area is 168 Å². The molecule has 2 N–H and O–H groups in total. The number of fused-ring (bicyclic) bond motifs is 1. The van der Waals surface area contributed by atoms with Crippen LogP contribution >= 0.6 is 0 Å². The molecule has 2 atom stereocenters. The van der Waals surface area contributed by atoms with E-state index in [-0.39, 0.29) is 29.6 Å². The molecule has 158 valence electrons. The second-order valence-corrected chi connectivity index (χ2v) is 8.68.